The fourth-order valence-corrected chi connectivity index (χ4v) is 1.50. The first-order chi connectivity index (χ1) is 9.62. The van der Waals surface area contributed by atoms with E-state index >= 15 is 0 Å². The number of halogens is 2. The van der Waals surface area contributed by atoms with Gasteiger partial charge in [0.05, 0.1) is 17.0 Å². The average molecular weight is 299 g/mol. The predicted molar refractivity (Wildman–Crippen MR) is 73.7 cm³/mol. The number of esters is 1. The van der Waals surface area contributed by atoms with E-state index in [2.05, 4.69) is 5.32 Å². The fourth-order valence-electron chi connectivity index (χ4n) is 1.50. The summed E-state index contributed by atoms with van der Waals surface area (Å²) in [7, 11) is 0. The molecule has 21 heavy (non-hydrogen) atoms. The summed E-state index contributed by atoms with van der Waals surface area (Å²) in [5.74, 6) is -3.05. The highest BCUT2D eigenvalue weighted by atomic mass is 19.1. The van der Waals surface area contributed by atoms with Crippen molar-refractivity contribution >= 4 is 11.9 Å². The molecule has 1 rings (SSSR count). The lowest BCUT2D eigenvalue weighted by molar-refractivity contribution is -0.149. The highest BCUT2D eigenvalue weighted by Gasteiger charge is 2.25. The van der Waals surface area contributed by atoms with Crippen LogP contribution in [0.5, 0.6) is 0 Å². The van der Waals surface area contributed by atoms with E-state index < -0.39 is 23.1 Å². The van der Waals surface area contributed by atoms with Crippen LogP contribution in [0.15, 0.2) is 18.2 Å². The molecule has 1 aromatic rings. The van der Waals surface area contributed by atoms with Gasteiger partial charge in [0.25, 0.3) is 5.91 Å². The zero-order valence-corrected chi connectivity index (χ0v) is 12.5. The second kappa shape index (κ2) is 6.65. The van der Waals surface area contributed by atoms with Gasteiger partial charge in [0, 0.05) is 6.07 Å². The number of hydrogen-bond donors (Lipinski definition) is 1. The van der Waals surface area contributed by atoms with Crippen LogP contribution < -0.4 is 5.32 Å². The summed E-state index contributed by atoms with van der Waals surface area (Å²) in [5, 5.41) is 2.55. The number of carbonyl (C=O) groups excluding carboxylic acids is 2. The van der Waals surface area contributed by atoms with Gasteiger partial charge in [0.2, 0.25) is 0 Å². The SMILES string of the molecule is CC(C)C(=O)OCC(C)(C)NC(=O)c1ccc(F)cc1F. The molecule has 1 aromatic carbocycles. The Morgan fingerprint density at radius 3 is 2.43 bits per heavy atom. The van der Waals surface area contributed by atoms with E-state index in [4.69, 9.17) is 4.74 Å². The summed E-state index contributed by atoms with van der Waals surface area (Å²) in [6.07, 6.45) is 0. The third-order valence-corrected chi connectivity index (χ3v) is 2.67. The van der Waals surface area contributed by atoms with Crippen molar-refractivity contribution in [2.45, 2.75) is 33.2 Å². The minimum Gasteiger partial charge on any atom is -0.463 e. The Morgan fingerprint density at radius 2 is 1.90 bits per heavy atom. The van der Waals surface area contributed by atoms with Crippen LogP contribution in [-0.2, 0) is 9.53 Å². The van der Waals surface area contributed by atoms with E-state index in [1.807, 2.05) is 0 Å². The molecule has 0 heterocycles. The number of carbonyl (C=O) groups is 2. The van der Waals surface area contributed by atoms with Crippen molar-refractivity contribution in [1.29, 1.82) is 0 Å². The summed E-state index contributed by atoms with van der Waals surface area (Å²) in [4.78, 5) is 23.4. The summed E-state index contributed by atoms with van der Waals surface area (Å²) < 4.78 is 31.4. The molecule has 0 aliphatic heterocycles. The Morgan fingerprint density at radius 1 is 1.29 bits per heavy atom. The van der Waals surface area contributed by atoms with Crippen LogP contribution in [0.25, 0.3) is 0 Å². The van der Waals surface area contributed by atoms with E-state index in [0.29, 0.717) is 6.07 Å². The van der Waals surface area contributed by atoms with Gasteiger partial charge in [-0.15, -0.1) is 0 Å². The lowest BCUT2D eigenvalue weighted by atomic mass is 10.1. The minimum atomic E-state index is -0.942. The van der Waals surface area contributed by atoms with E-state index in [9.17, 15) is 18.4 Å². The number of rotatable bonds is 5. The van der Waals surface area contributed by atoms with Gasteiger partial charge in [-0.1, -0.05) is 13.8 Å². The third-order valence-electron chi connectivity index (χ3n) is 2.67. The van der Waals surface area contributed by atoms with E-state index in [1.165, 1.54) is 0 Å². The second-order valence-corrected chi connectivity index (χ2v) is 5.72. The molecule has 0 spiro atoms. The maximum Gasteiger partial charge on any atom is 0.308 e. The van der Waals surface area contributed by atoms with E-state index in [0.717, 1.165) is 12.1 Å². The normalized spacial score (nSPS) is 11.4. The second-order valence-electron chi connectivity index (χ2n) is 5.72. The number of benzene rings is 1. The number of hydrogen-bond acceptors (Lipinski definition) is 3. The van der Waals surface area contributed by atoms with Crippen molar-refractivity contribution in [3.05, 3.63) is 35.4 Å². The Labute approximate surface area is 122 Å². The molecule has 0 aliphatic rings. The first-order valence-electron chi connectivity index (χ1n) is 6.56. The molecule has 0 saturated heterocycles. The van der Waals surface area contributed by atoms with Gasteiger partial charge in [-0.25, -0.2) is 8.78 Å². The zero-order valence-electron chi connectivity index (χ0n) is 12.5. The molecule has 1 N–H and O–H groups in total. The highest BCUT2D eigenvalue weighted by Crippen LogP contribution is 2.12. The van der Waals surface area contributed by atoms with Gasteiger partial charge in [0.15, 0.2) is 0 Å². The van der Waals surface area contributed by atoms with Crippen molar-refractivity contribution in [1.82, 2.24) is 5.32 Å². The standard InChI is InChI=1S/C15H19F2NO3/c1-9(2)14(20)21-8-15(3,4)18-13(19)11-6-5-10(16)7-12(11)17/h5-7,9H,8H2,1-4H3,(H,18,19). The van der Waals surface area contributed by atoms with Crippen molar-refractivity contribution in [2.75, 3.05) is 6.61 Å². The molecule has 6 heteroatoms. The Bertz CT molecular complexity index is 542. The Balaban J connectivity index is 2.70. The van der Waals surface area contributed by atoms with E-state index in [1.54, 1.807) is 27.7 Å². The van der Waals surface area contributed by atoms with Crippen molar-refractivity contribution < 1.29 is 23.1 Å². The number of amides is 1. The van der Waals surface area contributed by atoms with Gasteiger partial charge in [0.1, 0.15) is 18.2 Å². The molecule has 0 bridgehead atoms. The van der Waals surface area contributed by atoms with Crippen LogP contribution in [0.2, 0.25) is 0 Å². The zero-order chi connectivity index (χ0) is 16.2. The average Bonchev–Trinajstić information content (AvgIpc) is 2.35. The first kappa shape index (κ1) is 17.1. The van der Waals surface area contributed by atoms with Crippen molar-refractivity contribution in [3.63, 3.8) is 0 Å². The van der Waals surface area contributed by atoms with Gasteiger partial charge >= 0.3 is 5.97 Å². The van der Waals surface area contributed by atoms with Gasteiger partial charge in [-0.2, -0.15) is 0 Å². The third kappa shape index (κ3) is 5.13. The van der Waals surface area contributed by atoms with E-state index in [-0.39, 0.29) is 24.1 Å². The van der Waals surface area contributed by atoms with Crippen LogP contribution in [0, 0.1) is 17.6 Å². The lowest BCUT2D eigenvalue weighted by Crippen LogP contribution is -2.47. The summed E-state index contributed by atoms with van der Waals surface area (Å²) in [5.41, 5.74) is -1.14. The molecule has 0 atom stereocenters. The van der Waals surface area contributed by atoms with Gasteiger partial charge < -0.3 is 10.1 Å². The number of ether oxygens (including phenoxy) is 1. The molecular formula is C15H19F2NO3. The molecule has 0 saturated carbocycles. The molecule has 116 valence electrons. The molecule has 4 nitrogen and oxygen atoms in total. The Kier molecular flexibility index (Phi) is 5.41. The quantitative estimate of drug-likeness (QED) is 0.850. The Hall–Kier alpha value is -1.98. The lowest BCUT2D eigenvalue weighted by Gasteiger charge is -2.26. The molecule has 0 fully saturated rings. The van der Waals surface area contributed by atoms with Crippen molar-refractivity contribution in [2.24, 2.45) is 5.92 Å². The molecule has 1 amide bonds. The largest absolute Gasteiger partial charge is 0.463 e. The maximum atomic E-state index is 13.5. The molecule has 0 aromatic heterocycles. The van der Waals surface area contributed by atoms with Gasteiger partial charge in [-0.3, -0.25) is 9.59 Å². The van der Waals surface area contributed by atoms with Crippen LogP contribution in [0.1, 0.15) is 38.1 Å². The minimum absolute atomic E-state index is 0.0431. The van der Waals surface area contributed by atoms with Crippen LogP contribution in [0.3, 0.4) is 0 Å². The van der Waals surface area contributed by atoms with Crippen LogP contribution in [-0.4, -0.2) is 24.0 Å². The van der Waals surface area contributed by atoms with Crippen molar-refractivity contribution in [3.8, 4) is 0 Å². The summed E-state index contributed by atoms with van der Waals surface area (Å²) >= 11 is 0. The molecular weight excluding hydrogens is 280 g/mol. The maximum absolute atomic E-state index is 13.5. The monoisotopic (exact) mass is 299 g/mol. The molecule has 0 aliphatic carbocycles. The van der Waals surface area contributed by atoms with Gasteiger partial charge in [-0.05, 0) is 26.0 Å². The highest BCUT2D eigenvalue weighted by molar-refractivity contribution is 5.94. The topological polar surface area (TPSA) is 55.4 Å². The molecule has 0 unspecified atom stereocenters. The van der Waals surface area contributed by atoms with Crippen LogP contribution in [0.4, 0.5) is 8.78 Å². The molecule has 0 radical (unpaired) electrons. The first-order valence-corrected chi connectivity index (χ1v) is 6.56. The number of nitrogens with one attached hydrogen (secondary N) is 1. The fraction of sp³-hybridized carbons (Fsp3) is 0.467. The predicted octanol–water partition coefficient (Wildman–Crippen LogP) is 2.67. The summed E-state index contributed by atoms with van der Waals surface area (Å²) in [6.45, 7) is 6.63. The smallest absolute Gasteiger partial charge is 0.308 e. The summed E-state index contributed by atoms with van der Waals surface area (Å²) in [6, 6.07) is 2.71. The van der Waals surface area contributed by atoms with Crippen LogP contribution >= 0.6 is 0 Å².